The maximum atomic E-state index is 12.4. The molecule has 0 radical (unpaired) electrons. The van der Waals surface area contributed by atoms with Gasteiger partial charge in [0, 0.05) is 59.5 Å². The van der Waals surface area contributed by atoms with Crippen LogP contribution in [0.5, 0.6) is 0 Å². The molecule has 0 aliphatic carbocycles. The number of carboxylic acids is 1. The summed E-state index contributed by atoms with van der Waals surface area (Å²) in [5, 5.41) is 10.8. The van der Waals surface area contributed by atoms with Crippen molar-refractivity contribution in [1.29, 1.82) is 0 Å². The van der Waals surface area contributed by atoms with E-state index in [0.717, 1.165) is 68.4 Å². The summed E-state index contributed by atoms with van der Waals surface area (Å²) in [5.41, 5.74) is 6.22. The summed E-state index contributed by atoms with van der Waals surface area (Å²) in [5.74, 6) is -1.91. The van der Waals surface area contributed by atoms with Crippen LogP contribution in [0.15, 0.2) is 42.7 Å². The summed E-state index contributed by atoms with van der Waals surface area (Å²) in [6.07, 6.45) is 4.10. The van der Waals surface area contributed by atoms with Gasteiger partial charge in [-0.15, -0.1) is 0 Å². The average molecular weight is 697 g/mol. The number of rotatable bonds is 2. The van der Waals surface area contributed by atoms with Gasteiger partial charge in [0.25, 0.3) is 0 Å². The Labute approximate surface area is 297 Å². The highest BCUT2D eigenvalue weighted by Crippen LogP contribution is 2.53. The van der Waals surface area contributed by atoms with Gasteiger partial charge in [-0.1, -0.05) is 55.4 Å². The molecule has 0 amide bonds. The molecule has 0 atom stereocenters. The largest absolute Gasteiger partial charge is 0.477 e. The van der Waals surface area contributed by atoms with E-state index in [2.05, 4.69) is 71.3 Å². The molecule has 1 N–H and O–H groups in total. The number of aromatic carboxylic acids is 1. The number of fused-ring (bicyclic) bond motifs is 4. The Morgan fingerprint density at radius 2 is 1.00 bits per heavy atom. The predicted octanol–water partition coefficient (Wildman–Crippen LogP) is 7.41. The molecule has 6 heterocycles. The average Bonchev–Trinajstić information content (AvgIpc) is 3.05. The number of hydrogen-bond donors (Lipinski definition) is 1. The molecular formula is C41H48N2O8. The van der Waals surface area contributed by atoms with E-state index >= 15 is 0 Å². The molecule has 0 saturated carbocycles. The van der Waals surface area contributed by atoms with Crippen LogP contribution in [0.3, 0.4) is 0 Å². The third-order valence-electron chi connectivity index (χ3n) is 12.1. The van der Waals surface area contributed by atoms with Crippen LogP contribution in [0.4, 0.5) is 11.4 Å². The molecule has 2 aromatic heterocycles. The summed E-state index contributed by atoms with van der Waals surface area (Å²) in [7, 11) is 1.27. The van der Waals surface area contributed by atoms with Gasteiger partial charge >= 0.3 is 23.2 Å². The molecule has 0 spiro atoms. The van der Waals surface area contributed by atoms with E-state index in [-0.39, 0.29) is 32.8 Å². The lowest BCUT2D eigenvalue weighted by Gasteiger charge is -2.48. The second kappa shape index (κ2) is 11.5. The number of carbonyl (C=O) groups is 2. The van der Waals surface area contributed by atoms with Crippen LogP contribution in [0.25, 0.3) is 21.9 Å². The Hall–Kier alpha value is -4.60. The Morgan fingerprint density at radius 1 is 0.627 bits per heavy atom. The fourth-order valence-corrected chi connectivity index (χ4v) is 8.70. The Kier molecular flexibility index (Phi) is 7.82. The second-order valence-corrected chi connectivity index (χ2v) is 17.3. The minimum atomic E-state index is -1.25. The number of esters is 1. The van der Waals surface area contributed by atoms with E-state index in [4.69, 9.17) is 13.6 Å². The summed E-state index contributed by atoms with van der Waals surface area (Å²) < 4.78 is 16.0. The molecule has 0 bridgehead atoms. The lowest BCUT2D eigenvalue weighted by Crippen LogP contribution is -2.44. The van der Waals surface area contributed by atoms with Crippen molar-refractivity contribution in [3.05, 3.63) is 78.5 Å². The van der Waals surface area contributed by atoms with Gasteiger partial charge in [-0.05, 0) is 82.7 Å². The summed E-state index contributed by atoms with van der Waals surface area (Å²) in [6.45, 7) is 21.7. The van der Waals surface area contributed by atoms with Gasteiger partial charge < -0.3 is 28.5 Å². The van der Waals surface area contributed by atoms with E-state index in [1.54, 1.807) is 6.07 Å². The van der Waals surface area contributed by atoms with Crippen LogP contribution in [0.1, 0.15) is 124 Å². The minimum absolute atomic E-state index is 0.00170. The number of nitrogens with zero attached hydrogens (tertiary/aromatic N) is 2. The molecule has 8 rings (SSSR count). The number of carbonyl (C=O) groups excluding carboxylic acids is 1. The number of ether oxygens (including phenoxy) is 1. The van der Waals surface area contributed by atoms with Crippen LogP contribution in [-0.2, 0) is 26.4 Å². The first-order chi connectivity index (χ1) is 23.8. The van der Waals surface area contributed by atoms with Crippen LogP contribution in [0, 0.1) is 0 Å². The lowest BCUT2D eigenvalue weighted by atomic mass is 9.69. The normalized spacial score (nSPS) is 20.2. The predicted molar refractivity (Wildman–Crippen MR) is 198 cm³/mol. The van der Waals surface area contributed by atoms with Gasteiger partial charge in [0.2, 0.25) is 0 Å². The minimum Gasteiger partial charge on any atom is -0.477 e. The number of benzene rings is 2. The van der Waals surface area contributed by atoms with E-state index < -0.39 is 23.2 Å². The van der Waals surface area contributed by atoms with Crippen LogP contribution in [-0.4, -0.2) is 50.3 Å². The third-order valence-corrected chi connectivity index (χ3v) is 12.1. The number of carboxylic acid groups (broad SMARTS) is 1. The van der Waals surface area contributed by atoms with Crippen LogP contribution < -0.4 is 21.1 Å². The molecule has 0 unspecified atom stereocenters. The van der Waals surface area contributed by atoms with Crippen molar-refractivity contribution in [3.8, 4) is 0 Å². The second-order valence-electron chi connectivity index (χ2n) is 17.3. The molecule has 10 heteroatoms. The van der Waals surface area contributed by atoms with Crippen LogP contribution in [0.2, 0.25) is 0 Å². The maximum Gasteiger partial charge on any atom is 0.351 e. The van der Waals surface area contributed by atoms with Crippen molar-refractivity contribution in [3.63, 3.8) is 0 Å². The SMILES string of the molecule is CC1(C)CCN2CCC(C)(C)c3c2c1cc1cc(C(=O)O)c(=O)oc31.COC(=O)c1cc2cc3c4c(c2oc1=O)C(C)(C)CCN4CCC3(C)C. The van der Waals surface area contributed by atoms with Gasteiger partial charge in [-0.25, -0.2) is 19.2 Å². The van der Waals surface area contributed by atoms with Crippen molar-refractivity contribution in [2.45, 2.75) is 103 Å². The molecule has 0 saturated heterocycles. The highest BCUT2D eigenvalue weighted by Gasteiger charge is 2.43. The summed E-state index contributed by atoms with van der Waals surface area (Å²) >= 11 is 0. The van der Waals surface area contributed by atoms with E-state index in [1.165, 1.54) is 35.7 Å². The zero-order chi connectivity index (χ0) is 37.0. The van der Waals surface area contributed by atoms with Crippen molar-refractivity contribution >= 4 is 45.3 Å². The monoisotopic (exact) mass is 696 g/mol. The first-order valence-corrected chi connectivity index (χ1v) is 17.9. The van der Waals surface area contributed by atoms with Gasteiger partial charge in [-0.2, -0.15) is 0 Å². The Bertz CT molecular complexity index is 2270. The molecule has 270 valence electrons. The highest BCUT2D eigenvalue weighted by atomic mass is 16.5. The topological polar surface area (TPSA) is 131 Å². The Balaban J connectivity index is 0.000000159. The summed E-state index contributed by atoms with van der Waals surface area (Å²) in [4.78, 5) is 52.7. The maximum absolute atomic E-state index is 12.4. The van der Waals surface area contributed by atoms with Gasteiger partial charge in [0.05, 0.1) is 7.11 Å². The lowest BCUT2D eigenvalue weighted by molar-refractivity contribution is 0.0595. The van der Waals surface area contributed by atoms with Crippen LogP contribution >= 0.6 is 0 Å². The first-order valence-electron chi connectivity index (χ1n) is 17.9. The molecule has 10 nitrogen and oxygen atoms in total. The number of hydrogen-bond acceptors (Lipinski definition) is 9. The molecule has 4 aliphatic rings. The first kappa shape index (κ1) is 34.8. The Morgan fingerprint density at radius 3 is 1.39 bits per heavy atom. The van der Waals surface area contributed by atoms with Crippen molar-refractivity contribution in [1.82, 2.24) is 0 Å². The molecule has 51 heavy (non-hydrogen) atoms. The summed E-state index contributed by atoms with van der Waals surface area (Å²) in [6, 6.07) is 7.22. The molecule has 4 aromatic rings. The van der Waals surface area contributed by atoms with Gasteiger partial charge in [0.1, 0.15) is 22.3 Å². The number of anilines is 2. The molecule has 4 aliphatic heterocycles. The third kappa shape index (κ3) is 5.44. The van der Waals surface area contributed by atoms with Crippen molar-refractivity contribution < 1.29 is 28.3 Å². The van der Waals surface area contributed by atoms with Crippen molar-refractivity contribution in [2.75, 3.05) is 43.1 Å². The number of methoxy groups -OCH3 is 1. The smallest absolute Gasteiger partial charge is 0.351 e. The molecule has 2 aromatic carbocycles. The molecule has 0 fully saturated rings. The fourth-order valence-electron chi connectivity index (χ4n) is 8.70. The van der Waals surface area contributed by atoms with Crippen molar-refractivity contribution in [2.24, 2.45) is 0 Å². The van der Waals surface area contributed by atoms with Gasteiger partial charge in [0.15, 0.2) is 0 Å². The zero-order valence-corrected chi connectivity index (χ0v) is 31.2. The highest BCUT2D eigenvalue weighted by molar-refractivity contribution is 5.97. The van der Waals surface area contributed by atoms with E-state index in [0.29, 0.717) is 16.6 Å². The quantitative estimate of drug-likeness (QED) is 0.167. The van der Waals surface area contributed by atoms with E-state index in [9.17, 15) is 24.3 Å². The standard InChI is InChI=1S/C21H25NO4.C20H23NO4/c1-20(2)6-8-22-9-7-21(3,4)15-16(22)14(20)11-12-10-13(18(23)25-5)19(24)26-17(12)15;1-19(2)5-7-21-8-6-20(3,4)14-15(21)13(19)10-11-9-12(17(22)23)18(24)25-16(11)14/h10-11H,6-9H2,1-5H3;9-10H,5-8H2,1-4H3,(H,22,23). The van der Waals surface area contributed by atoms with Gasteiger partial charge in [-0.3, -0.25) is 0 Å². The molecular weight excluding hydrogens is 648 g/mol. The van der Waals surface area contributed by atoms with E-state index in [1.807, 2.05) is 6.07 Å². The zero-order valence-electron chi connectivity index (χ0n) is 31.2. The fraction of sp³-hybridized carbons (Fsp3) is 0.512.